The highest BCUT2D eigenvalue weighted by molar-refractivity contribution is 6.09. The Hall–Kier alpha value is -4.31. The van der Waals surface area contributed by atoms with Crippen LogP contribution >= 0.6 is 0 Å². The van der Waals surface area contributed by atoms with Gasteiger partial charge in [0.2, 0.25) is 17.7 Å². The first-order valence-electron chi connectivity index (χ1n) is 17.7. The molecule has 3 rings (SSSR count). The molecule has 1 unspecified atom stereocenters. The van der Waals surface area contributed by atoms with Crippen LogP contribution in [-0.2, 0) is 30.3 Å². The van der Waals surface area contributed by atoms with Crippen molar-refractivity contribution in [2.75, 3.05) is 13.7 Å². The molecule has 1 aliphatic heterocycles. The van der Waals surface area contributed by atoms with E-state index in [2.05, 4.69) is 34.7 Å². The van der Waals surface area contributed by atoms with E-state index in [-0.39, 0.29) is 42.0 Å². The number of carbonyl (C=O) groups is 5. The third-order valence-corrected chi connectivity index (χ3v) is 9.22. The van der Waals surface area contributed by atoms with Crippen LogP contribution in [-0.4, -0.2) is 78.2 Å². The maximum atomic E-state index is 13.8. The molecule has 0 radical (unpaired) electrons. The Labute approximate surface area is 297 Å². The number of esters is 1. The highest BCUT2D eigenvalue weighted by atomic mass is 16.5. The second-order valence-corrected chi connectivity index (χ2v) is 14.9. The van der Waals surface area contributed by atoms with Gasteiger partial charge in [-0.25, -0.2) is 4.79 Å². The molecule has 50 heavy (non-hydrogen) atoms. The molecule has 4 atom stereocenters. The molecule has 272 valence electrons. The summed E-state index contributed by atoms with van der Waals surface area (Å²) in [5.74, 6) is -1.76. The van der Waals surface area contributed by atoms with E-state index >= 15 is 0 Å². The van der Waals surface area contributed by atoms with Gasteiger partial charge in [0.05, 0.1) is 19.2 Å². The Bertz CT molecular complexity index is 1510. The maximum absolute atomic E-state index is 13.8. The minimum absolute atomic E-state index is 0.0821. The average Bonchev–Trinajstić information content (AvgIpc) is 3.09. The van der Waals surface area contributed by atoms with E-state index in [1.165, 1.54) is 7.11 Å². The minimum Gasteiger partial charge on any atom is -0.467 e. The van der Waals surface area contributed by atoms with Crippen LogP contribution in [0.15, 0.2) is 66.2 Å². The Kier molecular flexibility index (Phi) is 14.5. The number of methoxy groups -OCH3 is 1. The van der Waals surface area contributed by atoms with Crippen LogP contribution < -0.4 is 16.0 Å². The van der Waals surface area contributed by atoms with E-state index in [1.807, 2.05) is 40.7 Å². The zero-order valence-corrected chi connectivity index (χ0v) is 31.2. The van der Waals surface area contributed by atoms with Crippen molar-refractivity contribution in [1.82, 2.24) is 20.9 Å². The van der Waals surface area contributed by atoms with Gasteiger partial charge in [0.1, 0.15) is 12.1 Å². The number of hydrogen-bond donors (Lipinski definition) is 3. The number of nitrogens with zero attached hydrogens (tertiary/aromatic N) is 1. The summed E-state index contributed by atoms with van der Waals surface area (Å²) in [5.41, 5.74) is 1.57. The number of amides is 3. The molecule has 0 aliphatic carbocycles. The molecule has 0 spiro atoms. The molecular weight excluding hydrogens is 632 g/mol. The average molecular weight is 689 g/mol. The van der Waals surface area contributed by atoms with E-state index < -0.39 is 35.4 Å². The zero-order chi connectivity index (χ0) is 37.2. The summed E-state index contributed by atoms with van der Waals surface area (Å²) in [4.78, 5) is 68.5. The van der Waals surface area contributed by atoms with E-state index in [9.17, 15) is 24.0 Å². The Morgan fingerprint density at radius 2 is 1.50 bits per heavy atom. The second kappa shape index (κ2) is 18.1. The lowest BCUT2D eigenvalue weighted by Gasteiger charge is -2.39. The van der Waals surface area contributed by atoms with Gasteiger partial charge < -0.3 is 20.7 Å². The second-order valence-electron chi connectivity index (χ2n) is 14.9. The van der Waals surface area contributed by atoms with Gasteiger partial charge in [0, 0.05) is 29.2 Å². The van der Waals surface area contributed by atoms with Crippen LogP contribution in [0.5, 0.6) is 0 Å². The van der Waals surface area contributed by atoms with Crippen LogP contribution in [0.3, 0.4) is 0 Å². The van der Waals surface area contributed by atoms with Gasteiger partial charge in [-0.15, -0.1) is 0 Å². The molecule has 10 heteroatoms. The molecule has 1 aliphatic rings. The fourth-order valence-electron chi connectivity index (χ4n) is 6.15. The number of piperidine rings is 1. The van der Waals surface area contributed by atoms with Crippen molar-refractivity contribution < 1.29 is 28.7 Å². The predicted molar refractivity (Wildman–Crippen MR) is 195 cm³/mol. The van der Waals surface area contributed by atoms with Crippen molar-refractivity contribution in [3.05, 3.63) is 82.9 Å². The molecule has 0 aromatic heterocycles. The summed E-state index contributed by atoms with van der Waals surface area (Å²) in [5, 5.41) is 8.89. The molecule has 0 saturated carbocycles. The smallest absolute Gasteiger partial charge is 0.328 e. The lowest BCUT2D eigenvalue weighted by molar-refractivity contribution is -0.144. The van der Waals surface area contributed by atoms with Gasteiger partial charge in [-0.3, -0.25) is 24.1 Å². The van der Waals surface area contributed by atoms with Gasteiger partial charge in [0.15, 0.2) is 5.78 Å². The van der Waals surface area contributed by atoms with Crippen molar-refractivity contribution in [3.63, 3.8) is 0 Å². The van der Waals surface area contributed by atoms with Crippen LogP contribution in [0.2, 0.25) is 0 Å². The van der Waals surface area contributed by atoms with Crippen LogP contribution in [0, 0.1) is 11.3 Å². The number of nitrogens with one attached hydrogen (secondary N) is 3. The largest absolute Gasteiger partial charge is 0.467 e. The standard InChI is InChI=1S/C40H56N4O6/c1-25(2)31(41-38(48)35(40(6,7)8)43-37(47)33-17-13-14-22-44(33)26(3)4)23-27(5)36(46)42-32(39(49)50-9)24-28-18-20-30(21-19-28)34(45)29-15-11-10-12-16-29/h10-12,15-16,18-21,23,25-26,31-33,35H,13-14,17,22,24H2,1-9H3,(H,41,48)(H,42,46)(H,43,47)/b27-23+/t31-,32+,33?,35-/m1/s1. The molecule has 10 nitrogen and oxygen atoms in total. The number of benzene rings is 2. The van der Waals surface area contributed by atoms with Crippen molar-refractivity contribution in [2.45, 2.75) is 111 Å². The Balaban J connectivity index is 1.72. The molecule has 3 N–H and O–H groups in total. The molecule has 3 amide bonds. The first kappa shape index (κ1) is 40.1. The summed E-state index contributed by atoms with van der Waals surface area (Å²) in [7, 11) is 1.26. The van der Waals surface area contributed by atoms with Crippen LogP contribution in [0.1, 0.15) is 96.1 Å². The minimum atomic E-state index is -0.982. The molecule has 2 aromatic rings. The molecule has 1 fully saturated rings. The quantitative estimate of drug-likeness (QED) is 0.145. The van der Waals surface area contributed by atoms with E-state index in [0.717, 1.165) is 31.4 Å². The molecule has 0 bridgehead atoms. The summed E-state index contributed by atoms with van der Waals surface area (Å²) in [6, 6.07) is 13.5. The number of ketones is 1. The fourth-order valence-corrected chi connectivity index (χ4v) is 6.15. The SMILES string of the molecule is COC(=O)[C@H](Cc1ccc(C(=O)c2ccccc2)cc1)NC(=O)/C(C)=C/[C@@H](NC(=O)[C@@H](NC(=O)C1CCCCN1C(C)C)C(C)(C)C)C(C)C. The number of carbonyl (C=O) groups excluding carboxylic acids is 5. The predicted octanol–water partition coefficient (Wildman–Crippen LogP) is 5.00. The monoisotopic (exact) mass is 688 g/mol. The number of rotatable bonds is 14. The highest BCUT2D eigenvalue weighted by Crippen LogP contribution is 2.24. The lowest BCUT2D eigenvalue weighted by Crippen LogP contribution is -2.60. The molecule has 1 heterocycles. The summed E-state index contributed by atoms with van der Waals surface area (Å²) >= 11 is 0. The normalized spacial score (nSPS) is 17.4. The lowest BCUT2D eigenvalue weighted by atomic mass is 9.85. The molecular formula is C40H56N4O6. The van der Waals surface area contributed by atoms with E-state index in [1.54, 1.807) is 61.5 Å². The first-order chi connectivity index (χ1) is 23.5. The van der Waals surface area contributed by atoms with Crippen molar-refractivity contribution >= 4 is 29.5 Å². The van der Waals surface area contributed by atoms with E-state index in [4.69, 9.17) is 4.74 Å². The zero-order valence-electron chi connectivity index (χ0n) is 31.2. The van der Waals surface area contributed by atoms with Crippen molar-refractivity contribution in [2.24, 2.45) is 11.3 Å². The van der Waals surface area contributed by atoms with Crippen molar-refractivity contribution in [1.29, 1.82) is 0 Å². The Morgan fingerprint density at radius 3 is 2.06 bits per heavy atom. The van der Waals surface area contributed by atoms with Gasteiger partial charge in [0.25, 0.3) is 0 Å². The third kappa shape index (κ3) is 11.1. The van der Waals surface area contributed by atoms with Gasteiger partial charge >= 0.3 is 5.97 Å². The van der Waals surface area contributed by atoms with E-state index in [0.29, 0.717) is 16.7 Å². The van der Waals surface area contributed by atoms with Gasteiger partial charge in [-0.1, -0.05) is 102 Å². The third-order valence-electron chi connectivity index (χ3n) is 9.22. The summed E-state index contributed by atoms with van der Waals surface area (Å²) in [6.07, 6.45) is 4.59. The maximum Gasteiger partial charge on any atom is 0.328 e. The topological polar surface area (TPSA) is 134 Å². The van der Waals surface area contributed by atoms with Gasteiger partial charge in [-0.2, -0.15) is 0 Å². The number of hydrogen-bond acceptors (Lipinski definition) is 7. The van der Waals surface area contributed by atoms with Crippen molar-refractivity contribution in [3.8, 4) is 0 Å². The summed E-state index contributed by atoms with van der Waals surface area (Å²) in [6.45, 7) is 16.3. The molecule has 2 aromatic carbocycles. The number of ether oxygens (including phenoxy) is 1. The Morgan fingerprint density at radius 1 is 0.880 bits per heavy atom. The number of likely N-dealkylation sites (tertiary alicyclic amines) is 1. The first-order valence-corrected chi connectivity index (χ1v) is 17.7. The highest BCUT2D eigenvalue weighted by Gasteiger charge is 2.38. The van der Waals surface area contributed by atoms with Crippen LogP contribution in [0.4, 0.5) is 0 Å². The fraction of sp³-hybridized carbons (Fsp3) is 0.525. The summed E-state index contributed by atoms with van der Waals surface area (Å²) < 4.78 is 4.99. The van der Waals surface area contributed by atoms with Crippen LogP contribution in [0.25, 0.3) is 0 Å². The molecule has 1 saturated heterocycles. The van der Waals surface area contributed by atoms with Gasteiger partial charge in [-0.05, 0) is 57.1 Å².